The van der Waals surface area contributed by atoms with Gasteiger partial charge in [0.15, 0.2) is 0 Å². The van der Waals surface area contributed by atoms with Crippen LogP contribution in [0.4, 0.5) is 5.69 Å². The van der Waals surface area contributed by atoms with E-state index in [1.54, 1.807) is 49.6 Å². The highest BCUT2D eigenvalue weighted by Crippen LogP contribution is 2.43. The number of anilines is 1. The predicted molar refractivity (Wildman–Crippen MR) is 131 cm³/mol. The molecule has 1 aliphatic heterocycles. The number of ether oxygens (including phenoxy) is 2. The van der Waals surface area contributed by atoms with Gasteiger partial charge in [0, 0.05) is 11.3 Å². The van der Waals surface area contributed by atoms with E-state index in [4.69, 9.17) is 9.47 Å². The number of carbonyl (C=O) groups excluding carboxylic acids is 2. The minimum absolute atomic E-state index is 0.0292. The van der Waals surface area contributed by atoms with Crippen molar-refractivity contribution >= 4 is 23.1 Å². The summed E-state index contributed by atoms with van der Waals surface area (Å²) in [4.78, 5) is 28.1. The molecule has 0 spiro atoms. The number of aliphatic hydroxyl groups excluding tert-OH is 1. The summed E-state index contributed by atoms with van der Waals surface area (Å²) in [6.07, 6.45) is 0. The number of hydrogen-bond donors (Lipinski definition) is 1. The summed E-state index contributed by atoms with van der Waals surface area (Å²) in [7, 11) is 1.56. The van der Waals surface area contributed by atoms with Crippen molar-refractivity contribution in [2.45, 2.75) is 26.8 Å². The van der Waals surface area contributed by atoms with Gasteiger partial charge in [0.05, 0.1) is 25.3 Å². The van der Waals surface area contributed by atoms with Gasteiger partial charge in [-0.15, -0.1) is 0 Å². The average molecular weight is 458 g/mol. The molecule has 1 saturated heterocycles. The fourth-order valence-corrected chi connectivity index (χ4v) is 4.35. The lowest BCUT2D eigenvalue weighted by Gasteiger charge is -2.26. The molecule has 6 heteroatoms. The van der Waals surface area contributed by atoms with E-state index in [0.29, 0.717) is 34.9 Å². The lowest BCUT2D eigenvalue weighted by Crippen LogP contribution is -2.29. The smallest absolute Gasteiger partial charge is 0.300 e. The Morgan fingerprint density at radius 1 is 0.941 bits per heavy atom. The quantitative estimate of drug-likeness (QED) is 0.307. The number of aliphatic hydroxyl groups is 1. The highest BCUT2D eigenvalue weighted by atomic mass is 16.5. The topological polar surface area (TPSA) is 76.1 Å². The molecule has 1 aliphatic rings. The van der Waals surface area contributed by atoms with Gasteiger partial charge < -0.3 is 14.6 Å². The minimum atomic E-state index is -0.817. The van der Waals surface area contributed by atoms with Crippen molar-refractivity contribution in [1.82, 2.24) is 0 Å². The second-order valence-electron chi connectivity index (χ2n) is 8.25. The largest absolute Gasteiger partial charge is 0.507 e. The van der Waals surface area contributed by atoms with E-state index >= 15 is 0 Å². The monoisotopic (exact) mass is 457 g/mol. The minimum Gasteiger partial charge on any atom is -0.507 e. The van der Waals surface area contributed by atoms with Gasteiger partial charge in [-0.25, -0.2) is 0 Å². The molecule has 6 nitrogen and oxygen atoms in total. The molecule has 1 atom stereocenters. The zero-order chi connectivity index (χ0) is 24.4. The van der Waals surface area contributed by atoms with E-state index in [9.17, 15) is 14.7 Å². The Balaban J connectivity index is 1.92. The van der Waals surface area contributed by atoms with Crippen LogP contribution in [0.15, 0.2) is 72.3 Å². The van der Waals surface area contributed by atoms with Crippen LogP contribution in [-0.2, 0) is 9.59 Å². The Morgan fingerprint density at radius 3 is 2.24 bits per heavy atom. The molecule has 0 aliphatic carbocycles. The SMILES string of the molecule is CCOc1ccc(/C(O)=C2\C(=O)C(=O)N(c3cc(C)cc(C)c3)C2c2cccc(OC)c2)cc1. The first kappa shape index (κ1) is 23.1. The molecule has 3 aromatic rings. The maximum Gasteiger partial charge on any atom is 0.300 e. The third-order valence-corrected chi connectivity index (χ3v) is 5.78. The zero-order valence-corrected chi connectivity index (χ0v) is 19.7. The van der Waals surface area contributed by atoms with Crippen molar-refractivity contribution in [1.29, 1.82) is 0 Å². The predicted octanol–water partition coefficient (Wildman–Crippen LogP) is 5.34. The molecule has 0 radical (unpaired) electrons. The highest BCUT2D eigenvalue weighted by Gasteiger charge is 2.47. The summed E-state index contributed by atoms with van der Waals surface area (Å²) in [5.41, 5.74) is 3.64. The van der Waals surface area contributed by atoms with E-state index in [1.807, 2.05) is 45.0 Å². The first-order valence-electron chi connectivity index (χ1n) is 11.1. The van der Waals surface area contributed by atoms with E-state index in [-0.39, 0.29) is 11.3 Å². The van der Waals surface area contributed by atoms with Gasteiger partial charge >= 0.3 is 0 Å². The molecule has 1 amide bonds. The summed E-state index contributed by atoms with van der Waals surface area (Å²) >= 11 is 0. The Kier molecular flexibility index (Phi) is 6.41. The number of rotatable bonds is 6. The van der Waals surface area contributed by atoms with E-state index in [0.717, 1.165) is 11.1 Å². The molecular weight excluding hydrogens is 430 g/mol. The van der Waals surface area contributed by atoms with Crippen molar-refractivity contribution in [3.05, 3.63) is 94.6 Å². The fourth-order valence-electron chi connectivity index (χ4n) is 4.35. The summed E-state index contributed by atoms with van der Waals surface area (Å²) in [5.74, 6) is -0.423. The number of ketones is 1. The van der Waals surface area contributed by atoms with E-state index in [2.05, 4.69) is 0 Å². The summed E-state index contributed by atoms with van der Waals surface area (Å²) in [6, 6.07) is 18.9. The third-order valence-electron chi connectivity index (χ3n) is 5.78. The lowest BCUT2D eigenvalue weighted by molar-refractivity contribution is -0.132. The lowest BCUT2D eigenvalue weighted by atomic mass is 9.94. The number of nitrogens with zero attached hydrogens (tertiary/aromatic N) is 1. The molecule has 1 unspecified atom stereocenters. The fraction of sp³-hybridized carbons (Fsp3) is 0.214. The Morgan fingerprint density at radius 2 is 1.62 bits per heavy atom. The van der Waals surface area contributed by atoms with Gasteiger partial charge in [-0.3, -0.25) is 14.5 Å². The van der Waals surface area contributed by atoms with Crippen LogP contribution in [0.25, 0.3) is 5.76 Å². The van der Waals surface area contributed by atoms with Crippen molar-refractivity contribution in [2.75, 3.05) is 18.6 Å². The number of carbonyl (C=O) groups is 2. The van der Waals surface area contributed by atoms with Crippen molar-refractivity contribution < 1.29 is 24.2 Å². The number of benzene rings is 3. The first-order valence-corrected chi connectivity index (χ1v) is 11.1. The molecule has 4 rings (SSSR count). The van der Waals surface area contributed by atoms with Gasteiger partial charge in [-0.1, -0.05) is 18.2 Å². The second-order valence-corrected chi connectivity index (χ2v) is 8.25. The van der Waals surface area contributed by atoms with Crippen LogP contribution < -0.4 is 14.4 Å². The Bertz CT molecular complexity index is 1260. The van der Waals surface area contributed by atoms with E-state index < -0.39 is 17.7 Å². The van der Waals surface area contributed by atoms with Crippen LogP contribution in [-0.4, -0.2) is 30.5 Å². The number of Topliss-reactive ketones (excluding diaryl/α,β-unsaturated/α-hetero) is 1. The number of amides is 1. The number of methoxy groups -OCH3 is 1. The van der Waals surface area contributed by atoms with Crippen molar-refractivity contribution in [3.8, 4) is 11.5 Å². The maximum absolute atomic E-state index is 13.3. The normalized spacial score (nSPS) is 17.2. The van der Waals surface area contributed by atoms with Crippen molar-refractivity contribution in [2.24, 2.45) is 0 Å². The standard InChI is InChI=1S/C28H27NO5/c1-5-34-22-11-9-19(10-12-22)26(30)24-25(20-7-6-8-23(16-20)33-4)29(28(32)27(24)31)21-14-17(2)13-18(3)15-21/h6-16,25,30H,5H2,1-4H3/b26-24+. The van der Waals surface area contributed by atoms with Crippen LogP contribution in [0.5, 0.6) is 11.5 Å². The van der Waals surface area contributed by atoms with E-state index in [1.165, 1.54) is 4.90 Å². The van der Waals surface area contributed by atoms with Crippen LogP contribution >= 0.6 is 0 Å². The Hall–Kier alpha value is -4.06. The van der Waals surface area contributed by atoms with Crippen LogP contribution in [0.2, 0.25) is 0 Å². The molecule has 1 heterocycles. The first-order chi connectivity index (χ1) is 16.3. The van der Waals surface area contributed by atoms with Gasteiger partial charge in [-0.05, 0) is 86.0 Å². The summed E-state index contributed by atoms with van der Waals surface area (Å²) in [5, 5.41) is 11.3. The molecule has 3 aromatic carbocycles. The van der Waals surface area contributed by atoms with Crippen LogP contribution in [0, 0.1) is 13.8 Å². The molecule has 34 heavy (non-hydrogen) atoms. The molecule has 0 saturated carbocycles. The van der Waals surface area contributed by atoms with Crippen molar-refractivity contribution in [3.63, 3.8) is 0 Å². The average Bonchev–Trinajstić information content (AvgIpc) is 3.09. The molecular formula is C28H27NO5. The summed E-state index contributed by atoms with van der Waals surface area (Å²) in [6.45, 7) is 6.28. The third kappa shape index (κ3) is 4.27. The van der Waals surface area contributed by atoms with Crippen LogP contribution in [0.1, 0.15) is 35.2 Å². The maximum atomic E-state index is 13.3. The molecule has 0 bridgehead atoms. The van der Waals surface area contributed by atoms with Gasteiger partial charge in [0.25, 0.3) is 11.7 Å². The van der Waals surface area contributed by atoms with Gasteiger partial charge in [-0.2, -0.15) is 0 Å². The Labute approximate surface area is 199 Å². The molecule has 1 N–H and O–H groups in total. The molecule has 174 valence electrons. The van der Waals surface area contributed by atoms with Gasteiger partial charge in [0.2, 0.25) is 0 Å². The second kappa shape index (κ2) is 9.43. The highest BCUT2D eigenvalue weighted by molar-refractivity contribution is 6.51. The summed E-state index contributed by atoms with van der Waals surface area (Å²) < 4.78 is 10.9. The zero-order valence-electron chi connectivity index (χ0n) is 19.7. The molecule has 0 aromatic heterocycles. The molecule has 1 fully saturated rings. The van der Waals surface area contributed by atoms with Crippen LogP contribution in [0.3, 0.4) is 0 Å². The number of hydrogen-bond acceptors (Lipinski definition) is 5. The number of aryl methyl sites for hydroxylation is 2. The van der Waals surface area contributed by atoms with Gasteiger partial charge in [0.1, 0.15) is 17.3 Å².